The fourth-order valence-corrected chi connectivity index (χ4v) is 3.85. The predicted molar refractivity (Wildman–Crippen MR) is 94.5 cm³/mol. The normalized spacial score (nSPS) is 19.8. The van der Waals surface area contributed by atoms with Crippen molar-refractivity contribution in [3.05, 3.63) is 75.5 Å². The number of aromatic nitrogens is 1. The fraction of sp³-hybridized carbons (Fsp3) is 0.263. The third-order valence-corrected chi connectivity index (χ3v) is 5.14. The summed E-state index contributed by atoms with van der Waals surface area (Å²) in [5, 5.41) is 14.3. The first kappa shape index (κ1) is 17.5. The van der Waals surface area contributed by atoms with Gasteiger partial charge in [0.05, 0.1) is 4.92 Å². The minimum absolute atomic E-state index is 0.126. The molecular weight excluding hydrogens is 359 g/mol. The minimum atomic E-state index is -4.55. The second kappa shape index (κ2) is 6.09. The lowest BCUT2D eigenvalue weighted by molar-refractivity contribution is -0.384. The van der Waals surface area contributed by atoms with Crippen LogP contribution in [0.2, 0.25) is 0 Å². The van der Waals surface area contributed by atoms with E-state index in [-0.39, 0.29) is 24.3 Å². The van der Waals surface area contributed by atoms with Gasteiger partial charge in [-0.05, 0) is 23.6 Å². The molecule has 2 heterocycles. The van der Waals surface area contributed by atoms with Crippen LogP contribution in [0.5, 0.6) is 0 Å². The van der Waals surface area contributed by atoms with Crippen LogP contribution < -0.4 is 5.32 Å². The number of benzene rings is 2. The summed E-state index contributed by atoms with van der Waals surface area (Å²) >= 11 is 0. The Morgan fingerprint density at radius 1 is 1.11 bits per heavy atom. The molecule has 4 rings (SSSR count). The van der Waals surface area contributed by atoms with Crippen LogP contribution in [0.4, 0.5) is 18.9 Å². The number of aromatic amines is 1. The number of nitrogens with zero attached hydrogens (tertiary/aromatic N) is 1. The van der Waals surface area contributed by atoms with Crippen LogP contribution in [0.1, 0.15) is 16.8 Å². The van der Waals surface area contributed by atoms with Gasteiger partial charge in [0.15, 0.2) is 5.54 Å². The van der Waals surface area contributed by atoms with Crippen molar-refractivity contribution in [2.45, 2.75) is 24.6 Å². The molecule has 1 unspecified atom stereocenters. The second-order valence-electron chi connectivity index (χ2n) is 6.70. The summed E-state index contributed by atoms with van der Waals surface area (Å²) in [7, 11) is 0. The summed E-state index contributed by atoms with van der Waals surface area (Å²) in [4.78, 5) is 13.2. The molecule has 0 saturated heterocycles. The third kappa shape index (κ3) is 2.76. The number of halogens is 3. The summed E-state index contributed by atoms with van der Waals surface area (Å²) in [6, 6.07) is 12.4. The van der Waals surface area contributed by atoms with Crippen molar-refractivity contribution in [2.75, 3.05) is 6.54 Å². The van der Waals surface area contributed by atoms with Gasteiger partial charge in [-0.2, -0.15) is 13.2 Å². The summed E-state index contributed by atoms with van der Waals surface area (Å²) < 4.78 is 42.9. The number of hydrogen-bond acceptors (Lipinski definition) is 3. The SMILES string of the molecule is O=[N+]([O-])c1ccc(CC2(C(F)(F)F)NCCc3c2[nH]c2ccccc32)cc1. The fourth-order valence-electron chi connectivity index (χ4n) is 3.85. The highest BCUT2D eigenvalue weighted by molar-refractivity contribution is 5.85. The van der Waals surface area contributed by atoms with Crippen molar-refractivity contribution in [2.24, 2.45) is 0 Å². The van der Waals surface area contributed by atoms with Crippen LogP contribution in [0.3, 0.4) is 0 Å². The van der Waals surface area contributed by atoms with Crippen molar-refractivity contribution < 1.29 is 18.1 Å². The second-order valence-corrected chi connectivity index (χ2v) is 6.70. The molecule has 0 fully saturated rings. The van der Waals surface area contributed by atoms with E-state index in [4.69, 9.17) is 0 Å². The van der Waals surface area contributed by atoms with Gasteiger partial charge in [-0.1, -0.05) is 30.3 Å². The molecule has 2 aromatic carbocycles. The van der Waals surface area contributed by atoms with Crippen LogP contribution in [0.15, 0.2) is 48.5 Å². The largest absolute Gasteiger partial charge is 0.412 e. The highest BCUT2D eigenvalue weighted by atomic mass is 19.4. The number of nitro groups is 1. The van der Waals surface area contributed by atoms with E-state index in [0.717, 1.165) is 5.39 Å². The smallest absolute Gasteiger partial charge is 0.356 e. The zero-order valence-corrected chi connectivity index (χ0v) is 14.1. The third-order valence-electron chi connectivity index (χ3n) is 5.14. The lowest BCUT2D eigenvalue weighted by atomic mass is 9.81. The Labute approximate surface area is 152 Å². The molecule has 3 aromatic rings. The molecular formula is C19H16F3N3O2. The number of alkyl halides is 3. The Hall–Kier alpha value is -2.87. The Kier molecular flexibility index (Phi) is 3.96. The summed E-state index contributed by atoms with van der Waals surface area (Å²) in [5.74, 6) is 0. The maximum Gasteiger partial charge on any atom is 0.412 e. The standard InChI is InChI=1S/C19H16F3N3O2/c20-19(21,22)18(11-12-5-7-13(8-6-12)25(26)27)17-15(9-10-23-18)14-3-1-2-4-16(14)24-17/h1-8,23-24H,9-11H2. The number of fused-ring (bicyclic) bond motifs is 3. The van der Waals surface area contributed by atoms with Gasteiger partial charge in [-0.3, -0.25) is 15.4 Å². The van der Waals surface area contributed by atoms with E-state index in [1.807, 2.05) is 12.1 Å². The molecule has 1 aliphatic rings. The average molecular weight is 375 g/mol. The molecule has 5 nitrogen and oxygen atoms in total. The number of rotatable bonds is 3. The van der Waals surface area contributed by atoms with Gasteiger partial charge in [-0.25, -0.2) is 0 Å². The van der Waals surface area contributed by atoms with Crippen molar-refractivity contribution in [3.8, 4) is 0 Å². The van der Waals surface area contributed by atoms with Gasteiger partial charge in [-0.15, -0.1) is 0 Å². The summed E-state index contributed by atoms with van der Waals surface area (Å²) in [6.45, 7) is 0.196. The number of hydrogen-bond donors (Lipinski definition) is 2. The highest BCUT2D eigenvalue weighted by Gasteiger charge is 2.58. The van der Waals surface area contributed by atoms with Crippen LogP contribution in [0.25, 0.3) is 10.9 Å². The zero-order valence-electron chi connectivity index (χ0n) is 14.1. The number of H-pyrrole nitrogens is 1. The van der Waals surface area contributed by atoms with Gasteiger partial charge >= 0.3 is 6.18 Å². The van der Waals surface area contributed by atoms with Gasteiger partial charge < -0.3 is 4.98 Å². The van der Waals surface area contributed by atoms with Gasteiger partial charge in [0, 0.05) is 41.7 Å². The molecule has 0 amide bonds. The monoisotopic (exact) mass is 375 g/mol. The van der Waals surface area contributed by atoms with Gasteiger partial charge in [0.25, 0.3) is 5.69 Å². The maximum atomic E-state index is 14.3. The van der Waals surface area contributed by atoms with Gasteiger partial charge in [0.2, 0.25) is 0 Å². The lowest BCUT2D eigenvalue weighted by Gasteiger charge is -2.40. The molecule has 2 N–H and O–H groups in total. The zero-order chi connectivity index (χ0) is 19.2. The molecule has 1 aromatic heterocycles. The van der Waals surface area contributed by atoms with Gasteiger partial charge in [0.1, 0.15) is 0 Å². The molecule has 0 saturated carbocycles. The van der Waals surface area contributed by atoms with Crippen molar-refractivity contribution in [3.63, 3.8) is 0 Å². The maximum absolute atomic E-state index is 14.3. The van der Waals surface area contributed by atoms with E-state index in [2.05, 4.69) is 10.3 Å². The van der Waals surface area contributed by atoms with Crippen LogP contribution in [0, 0.1) is 10.1 Å². The molecule has 140 valence electrons. The van der Waals surface area contributed by atoms with Crippen LogP contribution in [-0.4, -0.2) is 22.6 Å². The van der Waals surface area contributed by atoms with Crippen LogP contribution in [-0.2, 0) is 18.4 Å². The molecule has 0 spiro atoms. The van der Waals surface area contributed by atoms with Crippen molar-refractivity contribution in [1.29, 1.82) is 0 Å². The Morgan fingerprint density at radius 2 is 1.81 bits per heavy atom. The van der Waals surface area contributed by atoms with E-state index >= 15 is 0 Å². The number of nitrogens with one attached hydrogen (secondary N) is 2. The quantitative estimate of drug-likeness (QED) is 0.532. The van der Waals surface area contributed by atoms with E-state index in [1.165, 1.54) is 24.3 Å². The molecule has 0 aliphatic carbocycles. The van der Waals surface area contributed by atoms with Crippen LogP contribution >= 0.6 is 0 Å². The summed E-state index contributed by atoms with van der Waals surface area (Å²) in [6.07, 6.45) is -4.41. The number of non-ortho nitro benzene ring substituents is 1. The molecule has 0 radical (unpaired) electrons. The van der Waals surface area contributed by atoms with Crippen molar-refractivity contribution in [1.82, 2.24) is 10.3 Å². The highest BCUT2D eigenvalue weighted by Crippen LogP contribution is 2.46. The topological polar surface area (TPSA) is 71.0 Å². The summed E-state index contributed by atoms with van der Waals surface area (Å²) in [5.41, 5.74) is -0.581. The number of para-hydroxylation sites is 1. The Morgan fingerprint density at radius 3 is 2.48 bits per heavy atom. The lowest BCUT2D eigenvalue weighted by Crippen LogP contribution is -2.58. The Balaban J connectivity index is 1.84. The molecule has 1 aliphatic heterocycles. The first-order chi connectivity index (χ1) is 12.8. The van der Waals surface area contributed by atoms with E-state index in [0.29, 0.717) is 23.1 Å². The first-order valence-electron chi connectivity index (χ1n) is 8.47. The van der Waals surface area contributed by atoms with E-state index in [1.54, 1.807) is 12.1 Å². The van der Waals surface area contributed by atoms with E-state index < -0.39 is 16.6 Å². The molecule has 27 heavy (non-hydrogen) atoms. The molecule has 8 heteroatoms. The average Bonchev–Trinajstić information content (AvgIpc) is 3.01. The molecule has 1 atom stereocenters. The number of nitro benzene ring substituents is 1. The molecule has 0 bridgehead atoms. The van der Waals surface area contributed by atoms with E-state index in [9.17, 15) is 23.3 Å². The predicted octanol–water partition coefficient (Wildman–Crippen LogP) is 4.22. The van der Waals surface area contributed by atoms with Crippen molar-refractivity contribution >= 4 is 16.6 Å². The Bertz CT molecular complexity index is 1010. The minimum Gasteiger partial charge on any atom is -0.356 e. The first-order valence-corrected chi connectivity index (χ1v) is 8.47.